The van der Waals surface area contributed by atoms with Crippen molar-refractivity contribution in [1.29, 1.82) is 0 Å². The van der Waals surface area contributed by atoms with E-state index in [9.17, 15) is 4.39 Å². The van der Waals surface area contributed by atoms with Crippen LogP contribution in [0.1, 0.15) is 37.0 Å². The molecular formula is C14H13ClFNO. The molecule has 1 aliphatic carbocycles. The van der Waals surface area contributed by atoms with Gasteiger partial charge in [-0.25, -0.2) is 4.39 Å². The van der Waals surface area contributed by atoms with Crippen molar-refractivity contribution in [2.24, 2.45) is 0 Å². The Kier molecular flexibility index (Phi) is 2.86. The summed E-state index contributed by atoms with van der Waals surface area (Å²) in [5, 5.41) is 4.42. The van der Waals surface area contributed by atoms with E-state index in [4.69, 9.17) is 16.1 Å². The van der Waals surface area contributed by atoms with Gasteiger partial charge in [0.05, 0.1) is 10.6 Å². The largest absolute Gasteiger partial charge is 0.360 e. The van der Waals surface area contributed by atoms with Crippen LogP contribution >= 0.6 is 11.6 Å². The molecule has 3 rings (SSSR count). The zero-order valence-corrected chi connectivity index (χ0v) is 10.8. The number of nitrogens with zero attached hydrogens (tertiary/aromatic N) is 1. The van der Waals surface area contributed by atoms with Gasteiger partial charge in [-0.1, -0.05) is 29.7 Å². The molecule has 1 aromatic heterocycles. The molecule has 1 aliphatic rings. The van der Waals surface area contributed by atoms with E-state index in [1.54, 1.807) is 12.1 Å². The average Bonchev–Trinajstić information content (AvgIpc) is 3.10. The molecule has 2 nitrogen and oxygen atoms in total. The first-order valence-corrected chi connectivity index (χ1v) is 6.53. The second kappa shape index (κ2) is 4.39. The van der Waals surface area contributed by atoms with Crippen LogP contribution in [-0.4, -0.2) is 5.16 Å². The molecule has 2 aromatic rings. The quantitative estimate of drug-likeness (QED) is 0.812. The first-order chi connectivity index (χ1) is 8.72. The van der Waals surface area contributed by atoms with E-state index in [1.165, 1.54) is 6.07 Å². The molecule has 0 N–H and O–H groups in total. The molecule has 0 amide bonds. The number of aromatic nitrogens is 1. The normalized spacial score (nSPS) is 15.1. The number of benzene rings is 1. The van der Waals surface area contributed by atoms with Gasteiger partial charge in [0, 0.05) is 11.5 Å². The van der Waals surface area contributed by atoms with Crippen molar-refractivity contribution in [3.05, 3.63) is 40.4 Å². The molecule has 0 bridgehead atoms. The van der Waals surface area contributed by atoms with Crippen molar-refractivity contribution >= 4 is 11.6 Å². The summed E-state index contributed by atoms with van der Waals surface area (Å²) >= 11 is 6.08. The Morgan fingerprint density at radius 1 is 1.44 bits per heavy atom. The van der Waals surface area contributed by atoms with Crippen LogP contribution in [0, 0.1) is 5.82 Å². The predicted octanol–water partition coefficient (Wildman–Crippen LogP) is 4.57. The van der Waals surface area contributed by atoms with Crippen LogP contribution in [0.3, 0.4) is 0 Å². The number of hydrogen-bond acceptors (Lipinski definition) is 2. The van der Waals surface area contributed by atoms with Gasteiger partial charge in [-0.2, -0.15) is 0 Å². The van der Waals surface area contributed by atoms with Gasteiger partial charge in [-0.15, -0.1) is 0 Å². The Morgan fingerprint density at radius 2 is 2.22 bits per heavy atom. The fourth-order valence-electron chi connectivity index (χ4n) is 2.25. The lowest BCUT2D eigenvalue weighted by Gasteiger charge is -2.04. The molecule has 0 aliphatic heterocycles. The first kappa shape index (κ1) is 11.7. The van der Waals surface area contributed by atoms with Crippen molar-refractivity contribution in [2.75, 3.05) is 0 Å². The van der Waals surface area contributed by atoms with Crippen LogP contribution in [0.15, 0.2) is 22.7 Å². The highest BCUT2D eigenvalue weighted by Crippen LogP contribution is 2.45. The summed E-state index contributed by atoms with van der Waals surface area (Å²) in [5.74, 6) is 1.02. The molecule has 18 heavy (non-hydrogen) atoms. The van der Waals surface area contributed by atoms with Gasteiger partial charge in [0.25, 0.3) is 0 Å². The summed E-state index contributed by atoms with van der Waals surface area (Å²) in [6.45, 7) is 2.02. The van der Waals surface area contributed by atoms with Crippen LogP contribution < -0.4 is 0 Å². The topological polar surface area (TPSA) is 26.0 Å². The average molecular weight is 266 g/mol. The maximum atomic E-state index is 13.9. The van der Waals surface area contributed by atoms with E-state index < -0.39 is 0 Å². The molecule has 0 atom stereocenters. The molecule has 1 saturated carbocycles. The highest BCUT2D eigenvalue weighted by atomic mass is 35.5. The summed E-state index contributed by atoms with van der Waals surface area (Å²) < 4.78 is 19.3. The Bertz CT molecular complexity index is 569. The smallest absolute Gasteiger partial charge is 0.143 e. The SMILES string of the molecule is CCc1c(-c2c(F)cccc2Cl)noc1C1CC1. The number of hydrogen-bond donors (Lipinski definition) is 0. The molecule has 0 spiro atoms. The second-order valence-corrected chi connectivity index (χ2v) is 5.01. The van der Waals surface area contributed by atoms with Crippen LogP contribution in [0.2, 0.25) is 5.02 Å². The zero-order valence-electron chi connectivity index (χ0n) is 10.0. The fraction of sp³-hybridized carbons (Fsp3) is 0.357. The number of halogens is 2. The first-order valence-electron chi connectivity index (χ1n) is 6.15. The highest BCUT2D eigenvalue weighted by molar-refractivity contribution is 6.33. The Labute approximate surface area is 110 Å². The maximum Gasteiger partial charge on any atom is 0.143 e. The van der Waals surface area contributed by atoms with Gasteiger partial charge in [0.15, 0.2) is 0 Å². The molecule has 1 heterocycles. The van der Waals surface area contributed by atoms with E-state index >= 15 is 0 Å². The maximum absolute atomic E-state index is 13.9. The third-order valence-electron chi connectivity index (χ3n) is 3.32. The van der Waals surface area contributed by atoms with Crippen molar-refractivity contribution in [3.8, 4) is 11.3 Å². The fourth-order valence-corrected chi connectivity index (χ4v) is 2.50. The van der Waals surface area contributed by atoms with Crippen LogP contribution in [0.25, 0.3) is 11.3 Å². The minimum atomic E-state index is -0.354. The third kappa shape index (κ3) is 1.83. The number of rotatable bonds is 3. The van der Waals surface area contributed by atoms with Gasteiger partial charge < -0.3 is 4.52 Å². The Morgan fingerprint density at radius 3 is 2.83 bits per heavy atom. The standard InChI is InChI=1S/C14H13ClFNO/c1-2-9-13(17-18-14(9)8-6-7-8)12-10(15)4-3-5-11(12)16/h3-5,8H,2,6-7H2,1H3. The molecule has 0 saturated heterocycles. The van der Waals surface area contributed by atoms with Crippen molar-refractivity contribution in [1.82, 2.24) is 5.16 Å². The molecule has 0 radical (unpaired) electrons. The molecule has 1 aromatic carbocycles. The molecule has 4 heteroatoms. The van der Waals surface area contributed by atoms with E-state index in [0.29, 0.717) is 22.2 Å². The van der Waals surface area contributed by atoms with E-state index in [1.807, 2.05) is 6.92 Å². The summed E-state index contributed by atoms with van der Waals surface area (Å²) in [5.41, 5.74) is 1.90. The zero-order chi connectivity index (χ0) is 12.7. The van der Waals surface area contributed by atoms with E-state index in [0.717, 1.165) is 30.6 Å². The Hall–Kier alpha value is -1.35. The lowest BCUT2D eigenvalue weighted by molar-refractivity contribution is 0.384. The minimum absolute atomic E-state index is 0.353. The summed E-state index contributed by atoms with van der Waals surface area (Å²) in [7, 11) is 0. The monoisotopic (exact) mass is 265 g/mol. The van der Waals surface area contributed by atoms with Crippen molar-refractivity contribution in [2.45, 2.75) is 32.1 Å². The van der Waals surface area contributed by atoms with Gasteiger partial charge in [0.2, 0.25) is 0 Å². The highest BCUT2D eigenvalue weighted by Gasteiger charge is 2.32. The predicted molar refractivity (Wildman–Crippen MR) is 68.3 cm³/mol. The molecule has 0 unspecified atom stereocenters. The van der Waals surface area contributed by atoms with Crippen LogP contribution in [0.5, 0.6) is 0 Å². The molecule has 1 fully saturated rings. The minimum Gasteiger partial charge on any atom is -0.360 e. The van der Waals surface area contributed by atoms with Gasteiger partial charge in [-0.05, 0) is 31.4 Å². The molecular weight excluding hydrogens is 253 g/mol. The van der Waals surface area contributed by atoms with Crippen LogP contribution in [0.4, 0.5) is 4.39 Å². The summed E-state index contributed by atoms with van der Waals surface area (Å²) in [4.78, 5) is 0. The van der Waals surface area contributed by atoms with Gasteiger partial charge >= 0.3 is 0 Å². The lowest BCUT2D eigenvalue weighted by atomic mass is 10.0. The summed E-state index contributed by atoms with van der Waals surface area (Å²) in [6, 6.07) is 4.66. The summed E-state index contributed by atoms with van der Waals surface area (Å²) in [6.07, 6.45) is 3.04. The van der Waals surface area contributed by atoms with Gasteiger partial charge in [-0.3, -0.25) is 0 Å². The Balaban J connectivity index is 2.16. The van der Waals surface area contributed by atoms with E-state index in [2.05, 4.69) is 5.16 Å². The molecule has 94 valence electrons. The third-order valence-corrected chi connectivity index (χ3v) is 3.63. The second-order valence-electron chi connectivity index (χ2n) is 4.60. The van der Waals surface area contributed by atoms with Crippen LogP contribution in [-0.2, 0) is 6.42 Å². The lowest BCUT2D eigenvalue weighted by Crippen LogP contribution is -1.92. The van der Waals surface area contributed by atoms with Gasteiger partial charge in [0.1, 0.15) is 17.3 Å². The van der Waals surface area contributed by atoms with E-state index in [-0.39, 0.29) is 5.82 Å². The van der Waals surface area contributed by atoms with Crippen molar-refractivity contribution < 1.29 is 8.91 Å². The van der Waals surface area contributed by atoms with Crippen molar-refractivity contribution in [3.63, 3.8) is 0 Å².